The lowest BCUT2D eigenvalue weighted by atomic mass is 10.0. The molecule has 0 bridgehead atoms. The van der Waals surface area contributed by atoms with Crippen LogP contribution in [0.1, 0.15) is 323 Å². The van der Waals surface area contributed by atoms with E-state index in [0.29, 0.717) is 19.3 Å². The summed E-state index contributed by atoms with van der Waals surface area (Å²) in [7, 11) is 0. The second-order valence-electron chi connectivity index (χ2n) is 20.3. The van der Waals surface area contributed by atoms with Gasteiger partial charge in [-0.1, -0.05) is 263 Å². The summed E-state index contributed by atoms with van der Waals surface area (Å²) in [4.78, 5) is 38.2. The maximum Gasteiger partial charge on any atom is 0.306 e. The Hall–Kier alpha value is -2.37. The van der Waals surface area contributed by atoms with Gasteiger partial charge in [-0.05, 0) is 77.0 Å². The summed E-state index contributed by atoms with van der Waals surface area (Å²) >= 11 is 0. The molecule has 0 aromatic heterocycles. The fraction of sp³-hybridized carbons (Fsp3) is 0.855. The van der Waals surface area contributed by atoms with Crippen molar-refractivity contribution in [3.8, 4) is 0 Å². The molecule has 0 heterocycles. The van der Waals surface area contributed by atoms with Crippen molar-refractivity contribution < 1.29 is 28.6 Å². The van der Waals surface area contributed by atoms with Crippen LogP contribution in [-0.2, 0) is 28.6 Å². The molecule has 0 fully saturated rings. The lowest BCUT2D eigenvalue weighted by molar-refractivity contribution is -0.167. The second-order valence-corrected chi connectivity index (χ2v) is 20.3. The Kier molecular flexibility index (Phi) is 55.2. The van der Waals surface area contributed by atoms with E-state index in [-0.39, 0.29) is 31.1 Å². The lowest BCUT2D eigenvalue weighted by Crippen LogP contribution is -2.30. The summed E-state index contributed by atoms with van der Waals surface area (Å²) in [5.74, 6) is -0.866. The minimum absolute atomic E-state index is 0.0728. The first-order valence-electron chi connectivity index (χ1n) is 30.0. The van der Waals surface area contributed by atoms with Gasteiger partial charge in [0.05, 0.1) is 0 Å². The van der Waals surface area contributed by atoms with Crippen LogP contribution in [0.25, 0.3) is 0 Å². The van der Waals surface area contributed by atoms with Crippen molar-refractivity contribution in [1.29, 1.82) is 0 Å². The van der Waals surface area contributed by atoms with Crippen LogP contribution in [-0.4, -0.2) is 37.2 Å². The van der Waals surface area contributed by atoms with Gasteiger partial charge in [-0.25, -0.2) is 0 Å². The van der Waals surface area contributed by atoms with Gasteiger partial charge in [-0.15, -0.1) is 0 Å². The molecule has 68 heavy (non-hydrogen) atoms. The Labute approximate surface area is 423 Å². The molecule has 0 aliphatic heterocycles. The Morgan fingerprint density at radius 2 is 0.529 bits per heavy atom. The number of allylic oxidation sites excluding steroid dienone is 6. The van der Waals surface area contributed by atoms with Crippen LogP contribution in [0.2, 0.25) is 0 Å². The zero-order valence-electron chi connectivity index (χ0n) is 45.6. The van der Waals surface area contributed by atoms with E-state index >= 15 is 0 Å². The number of ether oxygens (including phenoxy) is 3. The monoisotopic (exact) mass is 955 g/mol. The maximum atomic E-state index is 12.9. The molecule has 0 N–H and O–H groups in total. The number of hydrogen-bond donors (Lipinski definition) is 0. The van der Waals surface area contributed by atoms with Gasteiger partial charge in [0, 0.05) is 19.3 Å². The molecule has 398 valence electrons. The van der Waals surface area contributed by atoms with E-state index in [1.54, 1.807) is 0 Å². The minimum atomic E-state index is -0.775. The third-order valence-corrected chi connectivity index (χ3v) is 13.4. The van der Waals surface area contributed by atoms with Crippen molar-refractivity contribution in [2.45, 2.75) is 329 Å². The Morgan fingerprint density at radius 1 is 0.294 bits per heavy atom. The van der Waals surface area contributed by atoms with Crippen LogP contribution in [0.15, 0.2) is 36.5 Å². The molecule has 0 aliphatic rings. The molecule has 0 aromatic rings. The van der Waals surface area contributed by atoms with Crippen molar-refractivity contribution in [3.05, 3.63) is 36.5 Å². The Morgan fingerprint density at radius 3 is 0.868 bits per heavy atom. The van der Waals surface area contributed by atoms with Gasteiger partial charge in [-0.2, -0.15) is 0 Å². The largest absolute Gasteiger partial charge is 0.462 e. The van der Waals surface area contributed by atoms with Crippen molar-refractivity contribution in [3.63, 3.8) is 0 Å². The van der Waals surface area contributed by atoms with Gasteiger partial charge in [0.1, 0.15) is 13.2 Å². The highest BCUT2D eigenvalue weighted by atomic mass is 16.6. The van der Waals surface area contributed by atoms with Gasteiger partial charge in [0.2, 0.25) is 0 Å². The summed E-state index contributed by atoms with van der Waals surface area (Å²) in [6.07, 6.45) is 68.5. The molecule has 6 heteroatoms. The van der Waals surface area contributed by atoms with Crippen LogP contribution in [0, 0.1) is 0 Å². The first-order valence-corrected chi connectivity index (χ1v) is 30.0. The first kappa shape index (κ1) is 65.6. The molecule has 0 saturated carbocycles. The summed E-state index contributed by atoms with van der Waals surface area (Å²) in [6.45, 7) is 6.64. The fourth-order valence-electron chi connectivity index (χ4n) is 8.82. The molecule has 1 unspecified atom stereocenters. The Balaban J connectivity index is 4.35. The Bertz CT molecular complexity index is 1140. The van der Waals surface area contributed by atoms with Crippen molar-refractivity contribution in [2.24, 2.45) is 0 Å². The number of carbonyl (C=O) groups is 3. The van der Waals surface area contributed by atoms with E-state index < -0.39 is 6.10 Å². The number of hydrogen-bond acceptors (Lipinski definition) is 6. The summed E-state index contributed by atoms with van der Waals surface area (Å²) in [5, 5.41) is 0. The third-order valence-electron chi connectivity index (χ3n) is 13.4. The van der Waals surface area contributed by atoms with Crippen molar-refractivity contribution in [2.75, 3.05) is 13.2 Å². The van der Waals surface area contributed by atoms with E-state index in [4.69, 9.17) is 14.2 Å². The topological polar surface area (TPSA) is 78.9 Å². The molecule has 1 atom stereocenters. The SMILES string of the molecule is CCCCC/C=C\C/C=C\CCCCCCCCCC(=O)OC(COC(=O)CCCCCCCCC/C=C\CCCCCC)COC(=O)CCCCCCCCCCCCCCCCCCCC. The fourth-order valence-corrected chi connectivity index (χ4v) is 8.82. The molecule has 0 aliphatic carbocycles. The molecular weight excluding hydrogens is 841 g/mol. The second kappa shape index (κ2) is 57.2. The normalized spacial score (nSPS) is 12.2. The first-order chi connectivity index (χ1) is 33.5. The van der Waals surface area contributed by atoms with Crippen LogP contribution in [0.3, 0.4) is 0 Å². The van der Waals surface area contributed by atoms with Crippen LogP contribution in [0.5, 0.6) is 0 Å². The average Bonchev–Trinajstić information content (AvgIpc) is 3.34. The number of rotatable bonds is 55. The standard InChI is InChI=1S/C62H114O6/c1-4-7-10-13-16-19-22-25-28-30-32-34-37-40-43-46-49-52-55-61(64)67-58-59(57-66-60(63)54-51-48-45-42-39-36-33-27-24-21-18-15-12-9-6-3)68-62(65)56-53-50-47-44-41-38-35-31-29-26-23-20-17-14-11-8-5-2/h17,20-21,24,26,29,59H,4-16,18-19,22-23,25,27-28,30-58H2,1-3H3/b20-17-,24-21-,29-26-. The predicted molar refractivity (Wildman–Crippen MR) is 293 cm³/mol. The number of carbonyl (C=O) groups excluding carboxylic acids is 3. The smallest absolute Gasteiger partial charge is 0.306 e. The molecule has 0 radical (unpaired) electrons. The van der Waals surface area contributed by atoms with Gasteiger partial charge >= 0.3 is 17.9 Å². The molecule has 6 nitrogen and oxygen atoms in total. The van der Waals surface area contributed by atoms with Gasteiger partial charge < -0.3 is 14.2 Å². The van der Waals surface area contributed by atoms with E-state index in [2.05, 4.69) is 57.2 Å². The molecule has 0 amide bonds. The third kappa shape index (κ3) is 54.6. The summed E-state index contributed by atoms with van der Waals surface area (Å²) in [5.41, 5.74) is 0. The maximum absolute atomic E-state index is 12.9. The average molecular weight is 956 g/mol. The highest BCUT2D eigenvalue weighted by Gasteiger charge is 2.19. The number of unbranched alkanes of at least 4 members (excludes halogenated alkanes) is 38. The highest BCUT2D eigenvalue weighted by Crippen LogP contribution is 2.17. The van der Waals surface area contributed by atoms with E-state index in [1.807, 2.05) is 0 Å². The lowest BCUT2D eigenvalue weighted by Gasteiger charge is -2.18. The van der Waals surface area contributed by atoms with Gasteiger partial charge in [0.25, 0.3) is 0 Å². The zero-order valence-corrected chi connectivity index (χ0v) is 45.6. The van der Waals surface area contributed by atoms with E-state index in [0.717, 1.165) is 70.6 Å². The minimum Gasteiger partial charge on any atom is -0.462 e. The highest BCUT2D eigenvalue weighted by molar-refractivity contribution is 5.71. The zero-order chi connectivity index (χ0) is 49.3. The van der Waals surface area contributed by atoms with Crippen molar-refractivity contribution >= 4 is 17.9 Å². The molecule has 0 aromatic carbocycles. The molecule has 0 saturated heterocycles. The summed E-state index contributed by atoms with van der Waals surface area (Å²) < 4.78 is 16.9. The van der Waals surface area contributed by atoms with Gasteiger partial charge in [0.15, 0.2) is 6.10 Å². The van der Waals surface area contributed by atoms with Gasteiger partial charge in [-0.3, -0.25) is 14.4 Å². The summed E-state index contributed by atoms with van der Waals surface area (Å²) in [6, 6.07) is 0. The molecule has 0 spiro atoms. The molecule has 0 rings (SSSR count). The molecular formula is C62H114O6. The predicted octanol–water partition coefficient (Wildman–Crippen LogP) is 20.0. The van der Waals surface area contributed by atoms with Crippen LogP contribution in [0.4, 0.5) is 0 Å². The van der Waals surface area contributed by atoms with E-state index in [9.17, 15) is 14.4 Å². The number of esters is 3. The quantitative estimate of drug-likeness (QED) is 0.0262. The van der Waals surface area contributed by atoms with E-state index in [1.165, 1.54) is 212 Å². The van der Waals surface area contributed by atoms with Crippen LogP contribution >= 0.6 is 0 Å². The van der Waals surface area contributed by atoms with Crippen molar-refractivity contribution in [1.82, 2.24) is 0 Å². The van der Waals surface area contributed by atoms with Crippen LogP contribution < -0.4 is 0 Å².